The number of hydrogen-bond acceptors (Lipinski definition) is 2. The summed E-state index contributed by atoms with van der Waals surface area (Å²) in [7, 11) is 0. The van der Waals surface area contributed by atoms with Gasteiger partial charge in [-0.2, -0.15) is 0 Å². The second kappa shape index (κ2) is 2.94. The van der Waals surface area contributed by atoms with Crippen molar-refractivity contribution in [2.45, 2.75) is 12.2 Å². The molecule has 0 aromatic heterocycles. The third-order valence-corrected chi connectivity index (χ3v) is 2.18. The van der Waals surface area contributed by atoms with Gasteiger partial charge >= 0.3 is 0 Å². The van der Waals surface area contributed by atoms with Crippen LogP contribution in [0.1, 0.15) is 23.3 Å². The molecule has 2 rings (SSSR count). The minimum atomic E-state index is -0.945. The predicted molar refractivity (Wildman–Crippen MR) is 45.5 cm³/mol. The summed E-state index contributed by atoms with van der Waals surface area (Å²) in [6.45, 7) is 0. The van der Waals surface area contributed by atoms with E-state index in [0.717, 1.165) is 0 Å². The lowest BCUT2D eigenvalue weighted by Crippen LogP contribution is -2.10. The highest BCUT2D eigenvalue weighted by Crippen LogP contribution is 2.32. The summed E-state index contributed by atoms with van der Waals surface area (Å²) < 4.78 is 13.2. The molecule has 1 aliphatic carbocycles. The van der Waals surface area contributed by atoms with Crippen LogP contribution in [0.3, 0.4) is 0 Å². The molecule has 0 saturated carbocycles. The second-order valence-corrected chi connectivity index (χ2v) is 3.02. The number of aliphatic hydroxyl groups is 2. The summed E-state index contributed by atoms with van der Waals surface area (Å²) in [5.74, 6) is -0.478. The van der Waals surface area contributed by atoms with E-state index in [1.54, 1.807) is 6.07 Å². The van der Waals surface area contributed by atoms with Gasteiger partial charge in [0.1, 0.15) is 11.9 Å². The molecule has 2 unspecified atom stereocenters. The van der Waals surface area contributed by atoms with Crippen molar-refractivity contribution in [3.05, 3.63) is 47.3 Å². The zero-order valence-electron chi connectivity index (χ0n) is 6.81. The first kappa shape index (κ1) is 8.41. The third kappa shape index (κ3) is 1.26. The summed E-state index contributed by atoms with van der Waals surface area (Å²) in [5.41, 5.74) is 0.618. The molecule has 2 N–H and O–H groups in total. The van der Waals surface area contributed by atoms with Crippen LogP contribution < -0.4 is 0 Å². The minimum Gasteiger partial charge on any atom is -0.384 e. The molecule has 0 saturated heterocycles. The topological polar surface area (TPSA) is 40.5 Å². The molecule has 13 heavy (non-hydrogen) atoms. The largest absolute Gasteiger partial charge is 0.384 e. The fourth-order valence-corrected chi connectivity index (χ4v) is 1.53. The Morgan fingerprint density at radius 3 is 2.46 bits per heavy atom. The van der Waals surface area contributed by atoms with Crippen LogP contribution in [0.4, 0.5) is 4.39 Å². The van der Waals surface area contributed by atoms with Gasteiger partial charge in [0.15, 0.2) is 0 Å². The van der Waals surface area contributed by atoms with E-state index in [9.17, 15) is 14.6 Å². The molecule has 0 heterocycles. The van der Waals surface area contributed by atoms with Gasteiger partial charge in [-0.3, -0.25) is 0 Å². The number of halogens is 1. The maximum Gasteiger partial charge on any atom is 0.129 e. The average Bonchev–Trinajstić information content (AvgIpc) is 2.12. The molecule has 0 aliphatic heterocycles. The van der Waals surface area contributed by atoms with Crippen LogP contribution in [0, 0.1) is 5.82 Å². The highest BCUT2D eigenvalue weighted by Gasteiger charge is 2.22. The first-order valence-corrected chi connectivity index (χ1v) is 4.03. The summed E-state index contributed by atoms with van der Waals surface area (Å²) in [6, 6.07) is 4.40. The molecule has 0 amide bonds. The monoisotopic (exact) mass is 180 g/mol. The highest BCUT2D eigenvalue weighted by atomic mass is 19.1. The molecular weight excluding hydrogens is 171 g/mol. The van der Waals surface area contributed by atoms with E-state index in [4.69, 9.17) is 0 Å². The lowest BCUT2D eigenvalue weighted by atomic mass is 9.92. The molecular formula is C10H9FO2. The SMILES string of the molecule is OC1C=CC(O)c2c(F)cccc21. The van der Waals surface area contributed by atoms with E-state index in [2.05, 4.69) is 0 Å². The van der Waals surface area contributed by atoms with E-state index >= 15 is 0 Å². The Morgan fingerprint density at radius 2 is 1.77 bits per heavy atom. The molecule has 1 aromatic rings. The standard InChI is InChI=1S/C10H9FO2/c11-7-3-1-2-6-8(12)4-5-9(13)10(6)7/h1-5,8-9,12-13H. The molecule has 1 aromatic carbocycles. The second-order valence-electron chi connectivity index (χ2n) is 3.02. The highest BCUT2D eigenvalue weighted by molar-refractivity contribution is 5.39. The van der Waals surface area contributed by atoms with Gasteiger partial charge in [-0.1, -0.05) is 24.3 Å². The molecule has 0 fully saturated rings. The Labute approximate surface area is 74.9 Å². The first-order valence-electron chi connectivity index (χ1n) is 4.03. The fourth-order valence-electron chi connectivity index (χ4n) is 1.53. The van der Waals surface area contributed by atoms with Gasteiger partial charge in [-0.05, 0) is 11.6 Å². The zero-order valence-corrected chi connectivity index (χ0v) is 6.81. The molecule has 68 valence electrons. The van der Waals surface area contributed by atoms with Crippen LogP contribution in [0.5, 0.6) is 0 Å². The van der Waals surface area contributed by atoms with Crippen LogP contribution in [0.15, 0.2) is 30.4 Å². The summed E-state index contributed by atoms with van der Waals surface area (Å²) in [6.07, 6.45) is 1.08. The molecule has 3 heteroatoms. The third-order valence-electron chi connectivity index (χ3n) is 2.18. The first-order chi connectivity index (χ1) is 6.20. The van der Waals surface area contributed by atoms with Crippen molar-refractivity contribution >= 4 is 0 Å². The van der Waals surface area contributed by atoms with E-state index in [1.165, 1.54) is 24.3 Å². The van der Waals surface area contributed by atoms with Crippen molar-refractivity contribution in [3.8, 4) is 0 Å². The quantitative estimate of drug-likeness (QED) is 0.593. The van der Waals surface area contributed by atoms with Crippen molar-refractivity contribution in [2.24, 2.45) is 0 Å². The van der Waals surface area contributed by atoms with Gasteiger partial charge in [0.2, 0.25) is 0 Å². The van der Waals surface area contributed by atoms with Crippen molar-refractivity contribution in [3.63, 3.8) is 0 Å². The number of fused-ring (bicyclic) bond motifs is 1. The van der Waals surface area contributed by atoms with Crippen LogP contribution in [-0.2, 0) is 0 Å². The van der Waals surface area contributed by atoms with Gasteiger partial charge in [-0.25, -0.2) is 4.39 Å². The lowest BCUT2D eigenvalue weighted by molar-refractivity contribution is 0.184. The van der Waals surface area contributed by atoms with Crippen molar-refractivity contribution in [1.29, 1.82) is 0 Å². The molecule has 2 nitrogen and oxygen atoms in total. The Morgan fingerprint density at radius 1 is 1.08 bits per heavy atom. The van der Waals surface area contributed by atoms with Crippen LogP contribution >= 0.6 is 0 Å². The minimum absolute atomic E-state index is 0.178. The fraction of sp³-hybridized carbons (Fsp3) is 0.200. The van der Waals surface area contributed by atoms with Crippen LogP contribution in [-0.4, -0.2) is 10.2 Å². The Hall–Kier alpha value is -1.19. The van der Waals surface area contributed by atoms with E-state index in [-0.39, 0.29) is 5.56 Å². The van der Waals surface area contributed by atoms with Crippen molar-refractivity contribution in [1.82, 2.24) is 0 Å². The number of hydrogen-bond donors (Lipinski definition) is 2. The number of aliphatic hydroxyl groups excluding tert-OH is 2. The van der Waals surface area contributed by atoms with Gasteiger partial charge in [0.25, 0.3) is 0 Å². The molecule has 0 bridgehead atoms. The summed E-state index contributed by atoms with van der Waals surface area (Å²) >= 11 is 0. The van der Waals surface area contributed by atoms with Crippen LogP contribution in [0.25, 0.3) is 0 Å². The predicted octanol–water partition coefficient (Wildman–Crippen LogP) is 1.46. The van der Waals surface area contributed by atoms with Gasteiger partial charge in [0, 0.05) is 5.56 Å². The van der Waals surface area contributed by atoms with Crippen molar-refractivity contribution < 1.29 is 14.6 Å². The van der Waals surface area contributed by atoms with Gasteiger partial charge in [0.05, 0.1) is 6.10 Å². The van der Waals surface area contributed by atoms with Gasteiger partial charge in [-0.15, -0.1) is 0 Å². The Bertz CT molecular complexity index is 360. The Kier molecular flexibility index (Phi) is 1.90. The van der Waals surface area contributed by atoms with Crippen LogP contribution in [0.2, 0.25) is 0 Å². The molecule has 0 spiro atoms. The smallest absolute Gasteiger partial charge is 0.129 e. The molecule has 2 atom stereocenters. The lowest BCUT2D eigenvalue weighted by Gasteiger charge is -2.20. The number of benzene rings is 1. The maximum absolute atomic E-state index is 13.2. The normalized spacial score (nSPS) is 25.8. The average molecular weight is 180 g/mol. The van der Waals surface area contributed by atoms with E-state index in [1.807, 2.05) is 0 Å². The maximum atomic E-state index is 13.2. The van der Waals surface area contributed by atoms with E-state index in [0.29, 0.717) is 5.56 Å². The molecule has 0 radical (unpaired) electrons. The zero-order chi connectivity index (χ0) is 9.42. The Balaban J connectivity index is 2.62. The number of rotatable bonds is 0. The summed E-state index contributed by atoms with van der Waals surface area (Å²) in [4.78, 5) is 0. The molecule has 1 aliphatic rings. The van der Waals surface area contributed by atoms with Crippen molar-refractivity contribution in [2.75, 3.05) is 0 Å². The van der Waals surface area contributed by atoms with Gasteiger partial charge < -0.3 is 10.2 Å². The summed E-state index contributed by atoms with van der Waals surface area (Å²) in [5, 5.41) is 18.9. The van der Waals surface area contributed by atoms with E-state index < -0.39 is 18.0 Å².